The van der Waals surface area contributed by atoms with Crippen LogP contribution in [0.5, 0.6) is 0 Å². The Kier molecular flexibility index (Phi) is 5.21. The Labute approximate surface area is 202 Å². The highest BCUT2D eigenvalue weighted by atomic mass is 16.5. The van der Waals surface area contributed by atoms with Gasteiger partial charge in [-0.2, -0.15) is 0 Å². The second-order valence-electron chi connectivity index (χ2n) is 9.72. The SMILES string of the molecule is COC12CCc3cc(C)c(C(=O)NC(C)C)cc3C1C(=O)c1cc3c(cc1C2=O)C(=O)C=CC3=O. The molecular weight excluding hydrogens is 446 g/mol. The van der Waals surface area contributed by atoms with E-state index in [1.807, 2.05) is 26.8 Å². The number of fused-ring (bicyclic) bond motifs is 5. The van der Waals surface area contributed by atoms with Crippen molar-refractivity contribution in [1.29, 1.82) is 0 Å². The second-order valence-corrected chi connectivity index (χ2v) is 9.72. The normalized spacial score (nSPS) is 22.5. The van der Waals surface area contributed by atoms with Crippen molar-refractivity contribution >= 4 is 29.0 Å². The van der Waals surface area contributed by atoms with Crippen molar-refractivity contribution in [2.45, 2.75) is 51.2 Å². The highest BCUT2D eigenvalue weighted by Gasteiger charge is 2.57. The summed E-state index contributed by atoms with van der Waals surface area (Å²) in [6, 6.07) is 6.26. The molecule has 0 aromatic heterocycles. The first kappa shape index (κ1) is 23.1. The van der Waals surface area contributed by atoms with Crippen molar-refractivity contribution in [3.05, 3.63) is 80.9 Å². The Morgan fingerprint density at radius 1 is 0.971 bits per heavy atom. The second kappa shape index (κ2) is 7.92. The molecule has 3 aliphatic carbocycles. The summed E-state index contributed by atoms with van der Waals surface area (Å²) in [6.07, 6.45) is 3.12. The lowest BCUT2D eigenvalue weighted by Crippen LogP contribution is -2.55. The van der Waals surface area contributed by atoms with Crippen LogP contribution < -0.4 is 5.32 Å². The Morgan fingerprint density at radius 3 is 2.20 bits per heavy atom. The number of carbonyl (C=O) groups is 5. The first-order valence-corrected chi connectivity index (χ1v) is 11.6. The van der Waals surface area contributed by atoms with Gasteiger partial charge < -0.3 is 10.1 Å². The summed E-state index contributed by atoms with van der Waals surface area (Å²) in [5.41, 5.74) is 1.66. The smallest absolute Gasteiger partial charge is 0.251 e. The number of rotatable bonds is 3. The molecule has 2 aromatic carbocycles. The Bertz CT molecular complexity index is 1400. The lowest BCUT2D eigenvalue weighted by molar-refractivity contribution is -0.0220. The molecule has 0 fully saturated rings. The number of benzene rings is 2. The van der Waals surface area contributed by atoms with E-state index in [0.717, 1.165) is 11.1 Å². The molecule has 5 rings (SSSR count). The van der Waals surface area contributed by atoms with Crippen LogP contribution in [0.2, 0.25) is 0 Å². The minimum atomic E-state index is -1.45. The predicted molar refractivity (Wildman–Crippen MR) is 127 cm³/mol. The minimum Gasteiger partial charge on any atom is -0.369 e. The average molecular weight is 472 g/mol. The molecular formula is C28H25NO6. The number of methoxy groups -OCH3 is 1. The van der Waals surface area contributed by atoms with Gasteiger partial charge in [0, 0.05) is 41.0 Å². The molecule has 0 radical (unpaired) electrons. The van der Waals surface area contributed by atoms with Crippen LogP contribution in [0.15, 0.2) is 36.4 Å². The van der Waals surface area contributed by atoms with Crippen LogP contribution in [0.4, 0.5) is 0 Å². The van der Waals surface area contributed by atoms with Crippen molar-refractivity contribution in [2.24, 2.45) is 0 Å². The summed E-state index contributed by atoms with van der Waals surface area (Å²) in [5.74, 6) is -2.75. The molecule has 7 nitrogen and oxygen atoms in total. The van der Waals surface area contributed by atoms with Gasteiger partial charge in [0.25, 0.3) is 5.91 Å². The molecule has 0 spiro atoms. The van der Waals surface area contributed by atoms with E-state index in [2.05, 4.69) is 5.32 Å². The van der Waals surface area contributed by atoms with Crippen molar-refractivity contribution < 1.29 is 28.7 Å². The molecule has 2 atom stereocenters. The maximum absolute atomic E-state index is 14.0. The standard InChI is InChI=1S/C28H25NO6/c1-13(2)29-27(34)16-10-17-15(9-14(16)3)7-8-28(35-4)24(17)25(32)20-11-18-19(12-21(20)26(28)33)23(31)6-5-22(18)30/h5-6,9-13,24H,7-8H2,1-4H3,(H,29,34). The summed E-state index contributed by atoms with van der Waals surface area (Å²) >= 11 is 0. The average Bonchev–Trinajstić information content (AvgIpc) is 2.82. The van der Waals surface area contributed by atoms with Crippen molar-refractivity contribution in [2.75, 3.05) is 7.11 Å². The van der Waals surface area contributed by atoms with Crippen molar-refractivity contribution in [3.63, 3.8) is 0 Å². The minimum absolute atomic E-state index is 0.0683. The predicted octanol–water partition coefficient (Wildman–Crippen LogP) is 3.56. The topological polar surface area (TPSA) is 107 Å². The van der Waals surface area contributed by atoms with Crippen LogP contribution in [0, 0.1) is 6.92 Å². The fourth-order valence-corrected chi connectivity index (χ4v) is 5.59. The molecule has 1 amide bonds. The number of carbonyl (C=O) groups excluding carboxylic acids is 5. The van der Waals surface area contributed by atoms with E-state index in [-0.39, 0.29) is 52.2 Å². The molecule has 35 heavy (non-hydrogen) atoms. The fourth-order valence-electron chi connectivity index (χ4n) is 5.59. The number of nitrogens with one attached hydrogen (secondary N) is 1. The van der Waals surface area contributed by atoms with Crippen LogP contribution >= 0.6 is 0 Å². The van der Waals surface area contributed by atoms with E-state index in [0.29, 0.717) is 17.5 Å². The summed E-state index contributed by atoms with van der Waals surface area (Å²) in [6.45, 7) is 5.58. The number of hydrogen-bond acceptors (Lipinski definition) is 6. The molecule has 0 saturated heterocycles. The van der Waals surface area contributed by atoms with Crippen LogP contribution in [0.3, 0.4) is 0 Å². The number of ether oxygens (including phenoxy) is 1. The highest BCUT2D eigenvalue weighted by Crippen LogP contribution is 2.49. The number of Topliss-reactive ketones (excluding diaryl/α,β-unsaturated/α-hetero) is 2. The van der Waals surface area contributed by atoms with E-state index in [1.54, 1.807) is 6.07 Å². The third-order valence-corrected chi connectivity index (χ3v) is 7.29. The first-order valence-electron chi connectivity index (χ1n) is 11.6. The fraction of sp³-hybridized carbons (Fsp3) is 0.321. The zero-order chi connectivity index (χ0) is 25.2. The van der Waals surface area contributed by atoms with Gasteiger partial charge in [-0.25, -0.2) is 0 Å². The lowest BCUT2D eigenvalue weighted by atomic mass is 9.61. The summed E-state index contributed by atoms with van der Waals surface area (Å²) in [7, 11) is 1.41. The summed E-state index contributed by atoms with van der Waals surface area (Å²) < 4.78 is 5.83. The molecule has 0 aliphatic heterocycles. The number of allylic oxidation sites excluding steroid dienone is 2. The van der Waals surface area contributed by atoms with Gasteiger partial charge in [-0.05, 0) is 80.7 Å². The molecule has 7 heteroatoms. The molecule has 0 heterocycles. The van der Waals surface area contributed by atoms with Gasteiger partial charge >= 0.3 is 0 Å². The van der Waals surface area contributed by atoms with E-state index in [1.165, 1.54) is 31.4 Å². The van der Waals surface area contributed by atoms with Gasteiger partial charge in [0.05, 0.1) is 5.92 Å². The molecule has 0 bridgehead atoms. The van der Waals surface area contributed by atoms with Gasteiger partial charge in [0.15, 0.2) is 23.1 Å². The number of ketones is 4. The Hall–Kier alpha value is -3.71. The van der Waals surface area contributed by atoms with Crippen LogP contribution in [0.1, 0.15) is 94.7 Å². The first-order chi connectivity index (χ1) is 16.6. The quantitative estimate of drug-likeness (QED) is 0.734. The van der Waals surface area contributed by atoms with E-state index >= 15 is 0 Å². The Balaban J connectivity index is 1.72. The lowest BCUT2D eigenvalue weighted by Gasteiger charge is -2.45. The van der Waals surface area contributed by atoms with Crippen LogP contribution in [-0.4, -0.2) is 47.8 Å². The van der Waals surface area contributed by atoms with Crippen LogP contribution in [-0.2, 0) is 11.2 Å². The zero-order valence-electron chi connectivity index (χ0n) is 20.0. The molecule has 1 N–H and O–H groups in total. The number of hydrogen-bond donors (Lipinski definition) is 1. The van der Waals surface area contributed by atoms with E-state index < -0.39 is 23.1 Å². The largest absolute Gasteiger partial charge is 0.369 e. The van der Waals surface area contributed by atoms with Crippen molar-refractivity contribution in [3.8, 4) is 0 Å². The number of aryl methyl sites for hydroxylation is 2. The third kappa shape index (κ3) is 3.26. The number of amides is 1. The van der Waals surface area contributed by atoms with Crippen LogP contribution in [0.25, 0.3) is 0 Å². The Morgan fingerprint density at radius 2 is 1.60 bits per heavy atom. The molecule has 0 saturated carbocycles. The third-order valence-electron chi connectivity index (χ3n) is 7.29. The highest BCUT2D eigenvalue weighted by molar-refractivity contribution is 6.27. The molecule has 3 aliphatic rings. The van der Waals surface area contributed by atoms with E-state index in [9.17, 15) is 24.0 Å². The van der Waals surface area contributed by atoms with Crippen molar-refractivity contribution in [1.82, 2.24) is 5.32 Å². The zero-order valence-corrected chi connectivity index (χ0v) is 20.0. The summed E-state index contributed by atoms with van der Waals surface area (Å²) in [4.78, 5) is 65.6. The maximum Gasteiger partial charge on any atom is 0.251 e. The van der Waals surface area contributed by atoms with Gasteiger partial charge in [-0.3, -0.25) is 24.0 Å². The van der Waals surface area contributed by atoms with Gasteiger partial charge in [-0.1, -0.05) is 6.07 Å². The maximum atomic E-state index is 14.0. The van der Waals surface area contributed by atoms with Gasteiger partial charge in [0.2, 0.25) is 0 Å². The molecule has 2 unspecified atom stereocenters. The summed E-state index contributed by atoms with van der Waals surface area (Å²) in [5, 5.41) is 2.88. The molecule has 178 valence electrons. The monoisotopic (exact) mass is 471 g/mol. The van der Waals surface area contributed by atoms with Gasteiger partial charge in [0.1, 0.15) is 5.60 Å². The molecule has 2 aromatic rings. The van der Waals surface area contributed by atoms with E-state index in [4.69, 9.17) is 4.74 Å². The van der Waals surface area contributed by atoms with Gasteiger partial charge in [-0.15, -0.1) is 0 Å².